The molecule has 2 rings (SSSR count). The number of nitrogens with zero attached hydrogens (tertiary/aromatic N) is 1. The van der Waals surface area contributed by atoms with Crippen LogP contribution >= 0.6 is 0 Å². The lowest BCUT2D eigenvalue weighted by Crippen LogP contribution is -2.14. The molecule has 0 heterocycles. The number of allylic oxidation sites excluding steroid dienone is 8. The summed E-state index contributed by atoms with van der Waals surface area (Å²) in [6, 6.07) is 6.30. The zero-order chi connectivity index (χ0) is 39.4. The number of aliphatic hydroxyl groups excluding tert-OH is 1. The van der Waals surface area contributed by atoms with Crippen molar-refractivity contribution in [2.75, 3.05) is 14.1 Å². The molecule has 1 aromatic carbocycles. The van der Waals surface area contributed by atoms with Crippen LogP contribution in [0.15, 0.2) is 88.7 Å². The van der Waals surface area contributed by atoms with Gasteiger partial charge in [-0.2, -0.15) is 0 Å². The highest BCUT2D eigenvalue weighted by Gasteiger charge is 2.29. The van der Waals surface area contributed by atoms with Gasteiger partial charge in [0.2, 0.25) is 0 Å². The highest BCUT2D eigenvalue weighted by Crippen LogP contribution is 2.41. The quantitative estimate of drug-likeness (QED) is 0.0675. The van der Waals surface area contributed by atoms with E-state index in [0.717, 1.165) is 47.0 Å². The number of aliphatic hydroxyl groups is 1. The van der Waals surface area contributed by atoms with Crippen LogP contribution in [0, 0.1) is 11.8 Å². The fourth-order valence-corrected chi connectivity index (χ4v) is 4.38. The lowest BCUT2D eigenvalue weighted by Gasteiger charge is -2.14. The predicted molar refractivity (Wildman–Crippen MR) is 230 cm³/mol. The Morgan fingerprint density at radius 2 is 1.49 bits per heavy atom. The van der Waals surface area contributed by atoms with Crippen LogP contribution in [0.25, 0.3) is 6.08 Å². The van der Waals surface area contributed by atoms with Gasteiger partial charge in [-0.25, -0.2) is 0 Å². The van der Waals surface area contributed by atoms with Gasteiger partial charge in [0.15, 0.2) is 0 Å². The minimum absolute atomic E-state index is 0.349. The third kappa shape index (κ3) is 29.5. The highest BCUT2D eigenvalue weighted by atomic mass is 16.3. The molecule has 0 spiro atoms. The molecule has 4 heteroatoms. The molecule has 0 amide bonds. The zero-order valence-electron chi connectivity index (χ0n) is 35.4. The van der Waals surface area contributed by atoms with Gasteiger partial charge in [-0.1, -0.05) is 149 Å². The standard InChI is InChI=1S/C13H18N2.C11H18.C10H16O.C6H14.2C2H6.CH5N/c1-4-6-11-9-10(5-2)7-8-12(11)13(14)15-3;1-5-11(8(2)3)9(4)10-6-7-10;1-5-9(6-2)7-10(11)8(3)4;1-3-5-6-4-2;3*1-2/h4,6-9H,5H2,1-3H3,(H2,14,15);5,9-10H,2,6-7H2,1,3-4H3;5,7,11H,1,6H2,2-4H3;3-6H2,1-2H3;2*1-2H3;2H2,1H3/b6-4-;11-5-;9-7+;;;;. The van der Waals surface area contributed by atoms with Crippen molar-refractivity contribution in [3.8, 4) is 0 Å². The Hall–Kier alpha value is -3.11. The van der Waals surface area contributed by atoms with Crippen LogP contribution < -0.4 is 11.5 Å². The van der Waals surface area contributed by atoms with E-state index in [2.05, 4.69) is 89.7 Å². The van der Waals surface area contributed by atoms with E-state index in [4.69, 9.17) is 5.73 Å². The van der Waals surface area contributed by atoms with E-state index >= 15 is 0 Å². The van der Waals surface area contributed by atoms with E-state index in [1.54, 1.807) is 19.2 Å². The summed E-state index contributed by atoms with van der Waals surface area (Å²) in [4.78, 5) is 4.02. The summed E-state index contributed by atoms with van der Waals surface area (Å²) < 4.78 is 0. The normalized spacial score (nSPS) is 12.6. The van der Waals surface area contributed by atoms with Gasteiger partial charge in [-0.3, -0.25) is 4.99 Å². The second-order valence-corrected chi connectivity index (χ2v) is 11.4. The molecule has 1 aromatic rings. The van der Waals surface area contributed by atoms with Crippen LogP contribution in [-0.4, -0.2) is 25.0 Å². The Bertz CT molecular complexity index is 1090. The van der Waals surface area contributed by atoms with Gasteiger partial charge < -0.3 is 16.6 Å². The Balaban J connectivity index is -0.000000172. The summed E-state index contributed by atoms with van der Waals surface area (Å²) in [5, 5.41) is 9.31. The highest BCUT2D eigenvalue weighted by molar-refractivity contribution is 6.00. The molecule has 5 N–H and O–H groups in total. The summed E-state index contributed by atoms with van der Waals surface area (Å²) in [5.41, 5.74) is 18.5. The fourth-order valence-electron chi connectivity index (χ4n) is 4.38. The van der Waals surface area contributed by atoms with Gasteiger partial charge in [0, 0.05) is 12.6 Å². The molecule has 0 aliphatic heterocycles. The first-order valence-electron chi connectivity index (χ1n) is 19.0. The van der Waals surface area contributed by atoms with Gasteiger partial charge in [0.1, 0.15) is 11.6 Å². The lowest BCUT2D eigenvalue weighted by molar-refractivity contribution is 0.425. The Labute approximate surface area is 307 Å². The SMILES string of the molecule is C/C=C\c1cc(CC)ccc1C(N)=NC.C=C(C)/C(=C/C)C(C)C1CC1.C=C/C(=C\C(O)=C(C)C)CC.CC.CC.CCCCCC.CN. The van der Waals surface area contributed by atoms with Crippen molar-refractivity contribution in [3.63, 3.8) is 0 Å². The number of amidine groups is 1. The number of hydrogen-bond acceptors (Lipinski definition) is 3. The van der Waals surface area contributed by atoms with Gasteiger partial charge in [0.05, 0.1) is 0 Å². The molecule has 49 heavy (non-hydrogen) atoms. The Morgan fingerprint density at radius 1 is 0.980 bits per heavy atom. The molecule has 0 aromatic heterocycles. The number of aryl methyl sites for hydroxylation is 1. The Kier molecular flexibility index (Phi) is 44.4. The van der Waals surface area contributed by atoms with Crippen molar-refractivity contribution >= 4 is 11.9 Å². The molecule has 1 aliphatic rings. The van der Waals surface area contributed by atoms with E-state index in [-0.39, 0.29) is 0 Å². The molecular formula is C45H83N3O. The third-order valence-electron chi connectivity index (χ3n) is 7.47. The lowest BCUT2D eigenvalue weighted by atomic mass is 9.91. The van der Waals surface area contributed by atoms with Gasteiger partial charge in [0.25, 0.3) is 0 Å². The number of hydrogen-bond donors (Lipinski definition) is 3. The molecule has 1 aliphatic carbocycles. The topological polar surface area (TPSA) is 84.6 Å². The predicted octanol–water partition coefficient (Wildman–Crippen LogP) is 13.7. The largest absolute Gasteiger partial charge is 0.508 e. The van der Waals surface area contributed by atoms with Crippen molar-refractivity contribution < 1.29 is 5.11 Å². The van der Waals surface area contributed by atoms with Crippen LogP contribution in [0.1, 0.15) is 159 Å². The minimum Gasteiger partial charge on any atom is -0.508 e. The number of unbranched alkanes of at least 4 members (excludes halogenated alkanes) is 3. The van der Waals surface area contributed by atoms with Crippen molar-refractivity contribution in [2.45, 2.75) is 148 Å². The number of benzene rings is 1. The van der Waals surface area contributed by atoms with Crippen LogP contribution in [0.2, 0.25) is 0 Å². The molecule has 4 nitrogen and oxygen atoms in total. The first-order chi connectivity index (χ1) is 23.4. The molecular weight excluding hydrogens is 599 g/mol. The maximum Gasteiger partial charge on any atom is 0.125 e. The van der Waals surface area contributed by atoms with Crippen LogP contribution in [0.5, 0.6) is 0 Å². The third-order valence-corrected chi connectivity index (χ3v) is 7.47. The first kappa shape index (κ1) is 55.3. The summed E-state index contributed by atoms with van der Waals surface area (Å²) in [6.07, 6.45) is 20.1. The van der Waals surface area contributed by atoms with E-state index in [0.29, 0.717) is 11.6 Å². The molecule has 1 atom stereocenters. The van der Waals surface area contributed by atoms with E-state index in [1.807, 2.05) is 67.5 Å². The maximum atomic E-state index is 9.31. The molecule has 0 radical (unpaired) electrons. The zero-order valence-corrected chi connectivity index (χ0v) is 35.4. The summed E-state index contributed by atoms with van der Waals surface area (Å²) in [5.74, 6) is 2.64. The summed E-state index contributed by atoms with van der Waals surface area (Å²) in [7, 11) is 3.21. The molecule has 0 saturated heterocycles. The first-order valence-corrected chi connectivity index (χ1v) is 19.0. The maximum absolute atomic E-state index is 9.31. The van der Waals surface area contributed by atoms with Crippen LogP contribution in [0.4, 0.5) is 0 Å². The van der Waals surface area contributed by atoms with Crippen molar-refractivity contribution in [1.82, 2.24) is 0 Å². The number of aliphatic imine (C=N–C) groups is 1. The molecule has 1 fully saturated rings. The van der Waals surface area contributed by atoms with Crippen molar-refractivity contribution in [3.05, 3.63) is 100 Å². The average Bonchev–Trinajstić information content (AvgIpc) is 3.99. The fraction of sp³-hybridized carbons (Fsp3) is 0.578. The molecule has 1 saturated carbocycles. The average molecular weight is 682 g/mol. The van der Waals surface area contributed by atoms with E-state index in [1.165, 1.54) is 62.3 Å². The van der Waals surface area contributed by atoms with Gasteiger partial charge in [-0.05, 0) is 113 Å². The molecule has 284 valence electrons. The number of rotatable bonds is 12. The summed E-state index contributed by atoms with van der Waals surface area (Å²) >= 11 is 0. The van der Waals surface area contributed by atoms with Gasteiger partial charge >= 0.3 is 0 Å². The van der Waals surface area contributed by atoms with Gasteiger partial charge in [-0.15, -0.1) is 0 Å². The number of nitrogens with two attached hydrogens (primary N) is 2. The molecule has 1 unspecified atom stereocenters. The Morgan fingerprint density at radius 3 is 1.80 bits per heavy atom. The van der Waals surface area contributed by atoms with Crippen LogP contribution in [0.3, 0.4) is 0 Å². The monoisotopic (exact) mass is 682 g/mol. The van der Waals surface area contributed by atoms with Crippen molar-refractivity contribution in [2.24, 2.45) is 28.3 Å². The second-order valence-electron chi connectivity index (χ2n) is 11.4. The smallest absolute Gasteiger partial charge is 0.125 e. The van der Waals surface area contributed by atoms with E-state index in [9.17, 15) is 5.11 Å². The van der Waals surface area contributed by atoms with E-state index < -0.39 is 0 Å². The van der Waals surface area contributed by atoms with Crippen LogP contribution in [-0.2, 0) is 6.42 Å². The molecule has 0 bridgehead atoms. The van der Waals surface area contributed by atoms with Crippen molar-refractivity contribution in [1.29, 1.82) is 0 Å². The minimum atomic E-state index is 0.349. The second kappa shape index (κ2) is 39.3. The summed E-state index contributed by atoms with van der Waals surface area (Å²) in [6.45, 7) is 36.6.